The van der Waals surface area contributed by atoms with E-state index in [0.29, 0.717) is 0 Å². The number of halogens is 1. The number of benzene rings is 1. The molecule has 72 valence electrons. The molecule has 0 unspecified atom stereocenters. The van der Waals surface area contributed by atoms with Crippen LogP contribution in [0.3, 0.4) is 0 Å². The third kappa shape index (κ3) is 2.04. The zero-order valence-corrected chi connectivity index (χ0v) is 10.4. The second-order valence-electron chi connectivity index (χ2n) is 3.35. The summed E-state index contributed by atoms with van der Waals surface area (Å²) in [4.78, 5) is 4.34. The molecule has 14 heavy (non-hydrogen) atoms. The second kappa shape index (κ2) is 3.83. The van der Waals surface area contributed by atoms with Gasteiger partial charge in [0.2, 0.25) is 0 Å². The van der Waals surface area contributed by atoms with Crippen LogP contribution in [-0.4, -0.2) is 4.98 Å². The summed E-state index contributed by atoms with van der Waals surface area (Å²) in [7, 11) is 0. The van der Waals surface area contributed by atoms with E-state index in [0.717, 1.165) is 8.79 Å². The molecule has 0 atom stereocenters. The number of nitrogens with zero attached hydrogens (tertiary/aromatic N) is 1. The second-order valence-corrected chi connectivity index (χ2v) is 5.76. The van der Waals surface area contributed by atoms with Gasteiger partial charge in [0.1, 0.15) is 5.01 Å². The van der Waals surface area contributed by atoms with Gasteiger partial charge in [0.25, 0.3) is 0 Å². The molecule has 1 nitrogen and oxygen atoms in total. The Hall–Kier alpha value is -0.670. The van der Waals surface area contributed by atoms with Crippen molar-refractivity contribution >= 4 is 27.3 Å². The zero-order valence-electron chi connectivity index (χ0n) is 8.04. The van der Waals surface area contributed by atoms with Crippen LogP contribution in [0, 0.1) is 13.8 Å². The van der Waals surface area contributed by atoms with Crippen LogP contribution < -0.4 is 0 Å². The summed E-state index contributed by atoms with van der Waals surface area (Å²) in [6, 6.07) is 6.50. The van der Waals surface area contributed by atoms with Gasteiger partial charge in [-0.25, -0.2) is 4.98 Å². The minimum absolute atomic E-state index is 1.07. The summed E-state index contributed by atoms with van der Waals surface area (Å²) in [5, 5.41) is 1.07. The Labute approximate surface area is 95.9 Å². The molecular weight excluding hydrogens is 258 g/mol. The molecule has 0 aliphatic heterocycles. The van der Waals surface area contributed by atoms with Crippen molar-refractivity contribution in [1.82, 2.24) is 4.98 Å². The molecule has 1 heterocycles. The first-order valence-electron chi connectivity index (χ1n) is 4.35. The van der Waals surface area contributed by atoms with Crippen molar-refractivity contribution in [3.05, 3.63) is 39.3 Å². The normalized spacial score (nSPS) is 10.5. The molecule has 0 spiro atoms. The van der Waals surface area contributed by atoms with Crippen LogP contribution in [0.4, 0.5) is 0 Å². The molecule has 0 aliphatic carbocycles. The summed E-state index contributed by atoms with van der Waals surface area (Å²) in [6.45, 7) is 4.22. The molecule has 2 rings (SSSR count). The summed E-state index contributed by atoms with van der Waals surface area (Å²) < 4.78 is 1.08. The highest BCUT2D eigenvalue weighted by Gasteiger charge is 2.03. The van der Waals surface area contributed by atoms with Crippen LogP contribution in [0.1, 0.15) is 11.1 Å². The molecule has 0 saturated carbocycles. The van der Waals surface area contributed by atoms with Crippen LogP contribution >= 0.6 is 27.3 Å². The largest absolute Gasteiger partial charge is 0.243 e. The lowest BCUT2D eigenvalue weighted by Gasteiger charge is -2.00. The Bertz CT molecular complexity index is 442. The molecule has 0 aliphatic rings. The van der Waals surface area contributed by atoms with Crippen LogP contribution in [0.25, 0.3) is 10.6 Å². The molecule has 0 bridgehead atoms. The quantitative estimate of drug-likeness (QED) is 0.755. The molecule has 0 amide bonds. The van der Waals surface area contributed by atoms with Crippen molar-refractivity contribution in [1.29, 1.82) is 0 Å². The monoisotopic (exact) mass is 267 g/mol. The SMILES string of the molecule is Cc1cc(C)cc(-c2ncc(Br)s2)c1. The number of hydrogen-bond acceptors (Lipinski definition) is 2. The number of aryl methyl sites for hydroxylation is 2. The van der Waals surface area contributed by atoms with Crippen molar-refractivity contribution in [2.45, 2.75) is 13.8 Å². The van der Waals surface area contributed by atoms with Crippen LogP contribution in [-0.2, 0) is 0 Å². The van der Waals surface area contributed by atoms with Gasteiger partial charge < -0.3 is 0 Å². The molecular formula is C11H10BrNS. The first-order valence-corrected chi connectivity index (χ1v) is 5.96. The highest BCUT2D eigenvalue weighted by Crippen LogP contribution is 2.29. The highest BCUT2D eigenvalue weighted by atomic mass is 79.9. The van der Waals surface area contributed by atoms with E-state index in [9.17, 15) is 0 Å². The summed E-state index contributed by atoms with van der Waals surface area (Å²) in [6.07, 6.45) is 1.84. The topological polar surface area (TPSA) is 12.9 Å². The lowest BCUT2D eigenvalue weighted by molar-refractivity contribution is 1.35. The molecule has 0 saturated heterocycles. The summed E-state index contributed by atoms with van der Waals surface area (Å²) in [5.41, 5.74) is 3.77. The Morgan fingerprint density at radius 3 is 2.29 bits per heavy atom. The van der Waals surface area contributed by atoms with E-state index in [4.69, 9.17) is 0 Å². The van der Waals surface area contributed by atoms with Gasteiger partial charge in [-0.05, 0) is 41.9 Å². The first-order chi connectivity index (χ1) is 6.65. The molecule has 0 radical (unpaired) electrons. The average Bonchev–Trinajstić information content (AvgIpc) is 2.50. The molecule has 0 N–H and O–H groups in total. The summed E-state index contributed by atoms with van der Waals surface area (Å²) in [5.74, 6) is 0. The Morgan fingerprint density at radius 2 is 1.79 bits per heavy atom. The number of thiazole rings is 1. The number of hydrogen-bond donors (Lipinski definition) is 0. The fraction of sp³-hybridized carbons (Fsp3) is 0.182. The van der Waals surface area contributed by atoms with Gasteiger partial charge in [-0.15, -0.1) is 11.3 Å². The Balaban J connectivity index is 2.51. The standard InChI is InChI=1S/C11H10BrNS/c1-7-3-8(2)5-9(4-7)11-13-6-10(12)14-11/h3-6H,1-2H3. The zero-order chi connectivity index (χ0) is 10.1. The van der Waals surface area contributed by atoms with Gasteiger partial charge in [0, 0.05) is 5.56 Å². The van der Waals surface area contributed by atoms with Gasteiger partial charge in [-0.3, -0.25) is 0 Å². The van der Waals surface area contributed by atoms with Crippen molar-refractivity contribution in [2.24, 2.45) is 0 Å². The van der Waals surface area contributed by atoms with E-state index >= 15 is 0 Å². The molecule has 2 aromatic rings. The first kappa shape index (κ1) is 9.87. The third-order valence-electron chi connectivity index (χ3n) is 1.95. The minimum Gasteiger partial charge on any atom is -0.243 e. The maximum atomic E-state index is 4.34. The molecule has 0 fully saturated rings. The number of rotatable bonds is 1. The van der Waals surface area contributed by atoms with Crippen LogP contribution in [0.2, 0.25) is 0 Å². The lowest BCUT2D eigenvalue weighted by Crippen LogP contribution is -1.81. The van der Waals surface area contributed by atoms with Crippen LogP contribution in [0.15, 0.2) is 28.2 Å². The van der Waals surface area contributed by atoms with E-state index in [1.807, 2.05) is 6.20 Å². The maximum Gasteiger partial charge on any atom is 0.124 e. The maximum absolute atomic E-state index is 4.34. The van der Waals surface area contributed by atoms with E-state index in [2.05, 4.69) is 53.0 Å². The van der Waals surface area contributed by atoms with E-state index in [-0.39, 0.29) is 0 Å². The van der Waals surface area contributed by atoms with Gasteiger partial charge >= 0.3 is 0 Å². The van der Waals surface area contributed by atoms with Gasteiger partial charge in [-0.1, -0.05) is 17.2 Å². The lowest BCUT2D eigenvalue weighted by atomic mass is 10.1. The minimum atomic E-state index is 1.07. The fourth-order valence-electron chi connectivity index (χ4n) is 1.49. The van der Waals surface area contributed by atoms with Gasteiger partial charge in [0.15, 0.2) is 0 Å². The Morgan fingerprint density at radius 1 is 1.14 bits per heavy atom. The van der Waals surface area contributed by atoms with Gasteiger partial charge in [0.05, 0.1) is 9.98 Å². The fourth-order valence-corrected chi connectivity index (χ4v) is 2.68. The summed E-state index contributed by atoms with van der Waals surface area (Å²) >= 11 is 5.09. The molecule has 1 aromatic heterocycles. The van der Waals surface area contributed by atoms with E-state index < -0.39 is 0 Å². The number of aromatic nitrogens is 1. The van der Waals surface area contributed by atoms with Crippen molar-refractivity contribution in [2.75, 3.05) is 0 Å². The van der Waals surface area contributed by atoms with E-state index in [1.54, 1.807) is 11.3 Å². The molecule has 3 heteroatoms. The average molecular weight is 268 g/mol. The van der Waals surface area contributed by atoms with Crippen molar-refractivity contribution in [3.8, 4) is 10.6 Å². The smallest absolute Gasteiger partial charge is 0.124 e. The third-order valence-corrected chi connectivity index (χ3v) is 3.47. The van der Waals surface area contributed by atoms with Crippen LogP contribution in [0.5, 0.6) is 0 Å². The predicted octanol–water partition coefficient (Wildman–Crippen LogP) is 4.19. The van der Waals surface area contributed by atoms with Crippen molar-refractivity contribution < 1.29 is 0 Å². The molecule has 1 aromatic carbocycles. The van der Waals surface area contributed by atoms with Gasteiger partial charge in [-0.2, -0.15) is 0 Å². The Kier molecular flexibility index (Phi) is 2.70. The van der Waals surface area contributed by atoms with E-state index in [1.165, 1.54) is 16.7 Å². The highest BCUT2D eigenvalue weighted by molar-refractivity contribution is 9.11. The predicted molar refractivity (Wildman–Crippen MR) is 64.7 cm³/mol. The van der Waals surface area contributed by atoms with Crippen molar-refractivity contribution in [3.63, 3.8) is 0 Å².